The monoisotopic (exact) mass is 377 g/mol. The van der Waals surface area contributed by atoms with E-state index in [1.807, 2.05) is 0 Å². The summed E-state index contributed by atoms with van der Waals surface area (Å²) in [7, 11) is -1.53. The van der Waals surface area contributed by atoms with Gasteiger partial charge in [0.25, 0.3) is 0 Å². The van der Waals surface area contributed by atoms with Crippen molar-refractivity contribution in [1.82, 2.24) is 4.57 Å². The van der Waals surface area contributed by atoms with Gasteiger partial charge in [-0.25, -0.2) is 0 Å². The molecule has 0 radical (unpaired) electrons. The highest BCUT2D eigenvalue weighted by atomic mass is 28.3. The largest absolute Gasteiger partial charge is 0.317 e. The van der Waals surface area contributed by atoms with Gasteiger partial charge in [-0.1, -0.05) is 66.5 Å². The third-order valence-electron chi connectivity index (χ3n) is 8.97. The quantitative estimate of drug-likeness (QED) is 0.470. The van der Waals surface area contributed by atoms with Gasteiger partial charge in [0.05, 0.1) is 0 Å². The van der Waals surface area contributed by atoms with Crippen LogP contribution in [0.3, 0.4) is 0 Å². The molecular formula is C24H47NSi. The van der Waals surface area contributed by atoms with Crippen molar-refractivity contribution in [3.05, 3.63) is 0 Å². The second kappa shape index (κ2) is 7.21. The van der Waals surface area contributed by atoms with Crippen molar-refractivity contribution in [3.63, 3.8) is 0 Å². The molecule has 0 amide bonds. The lowest BCUT2D eigenvalue weighted by Crippen LogP contribution is -2.64. The minimum Gasteiger partial charge on any atom is -0.317 e. The molecule has 3 aliphatic rings. The van der Waals surface area contributed by atoms with Gasteiger partial charge in [-0.3, -0.25) is 0 Å². The molecule has 3 aliphatic carbocycles. The molecule has 2 heteroatoms. The summed E-state index contributed by atoms with van der Waals surface area (Å²) in [6.45, 7) is 23.0. The molecule has 0 aromatic rings. The molecule has 0 bridgehead atoms. The average Bonchev–Trinajstić information content (AvgIpc) is 2.74. The Balaban J connectivity index is 1.92. The van der Waals surface area contributed by atoms with E-state index in [0.29, 0.717) is 6.04 Å². The molecule has 0 heterocycles. The van der Waals surface area contributed by atoms with Crippen molar-refractivity contribution in [2.24, 2.45) is 35.5 Å². The highest BCUT2D eigenvalue weighted by Gasteiger charge is 2.58. The maximum absolute atomic E-state index is 2.99. The van der Waals surface area contributed by atoms with E-state index >= 15 is 0 Å². The molecule has 0 aromatic carbocycles. The van der Waals surface area contributed by atoms with E-state index in [9.17, 15) is 0 Å². The molecule has 26 heavy (non-hydrogen) atoms. The van der Waals surface area contributed by atoms with Gasteiger partial charge in [-0.2, -0.15) is 0 Å². The first-order valence-electron chi connectivity index (χ1n) is 11.8. The van der Waals surface area contributed by atoms with Crippen LogP contribution in [0.4, 0.5) is 0 Å². The van der Waals surface area contributed by atoms with Crippen LogP contribution in [-0.4, -0.2) is 24.4 Å². The third kappa shape index (κ3) is 3.47. The minimum absolute atomic E-state index is 0.285. The smallest absolute Gasteiger partial charge is 0.126 e. The van der Waals surface area contributed by atoms with E-state index in [0.717, 1.165) is 41.0 Å². The van der Waals surface area contributed by atoms with E-state index in [1.54, 1.807) is 25.7 Å². The van der Waals surface area contributed by atoms with Crippen molar-refractivity contribution in [2.75, 3.05) is 0 Å². The van der Waals surface area contributed by atoms with Crippen LogP contribution in [0.5, 0.6) is 0 Å². The lowest BCUT2D eigenvalue weighted by atomic mass is 9.63. The summed E-state index contributed by atoms with van der Waals surface area (Å²) in [6, 6.07) is 0.657. The zero-order chi connectivity index (χ0) is 19.4. The van der Waals surface area contributed by atoms with E-state index < -0.39 is 8.24 Å². The first-order chi connectivity index (χ1) is 12.0. The Morgan fingerprint density at radius 1 is 0.846 bits per heavy atom. The van der Waals surface area contributed by atoms with Gasteiger partial charge in [0.1, 0.15) is 8.24 Å². The Kier molecular flexibility index (Phi) is 5.80. The number of hydrogen-bond acceptors (Lipinski definition) is 1. The standard InChI is InChI=1S/C24H47NSi/c1-16(2)25(24(5,6)7)26(8,9)23-18(4)17(3)21-14-19-12-10-11-13-20(19)15-22(21)23/h16-23H,10-15H2,1-9H3. The maximum Gasteiger partial charge on any atom is 0.126 e. The van der Waals surface area contributed by atoms with Gasteiger partial charge in [0.2, 0.25) is 0 Å². The molecule has 0 saturated heterocycles. The summed E-state index contributed by atoms with van der Waals surface area (Å²) in [4.78, 5) is 0. The fourth-order valence-corrected chi connectivity index (χ4v) is 15.1. The summed E-state index contributed by atoms with van der Waals surface area (Å²) in [5.74, 6) is 6.03. The highest BCUT2D eigenvalue weighted by Crippen LogP contribution is 2.62. The molecule has 3 saturated carbocycles. The van der Waals surface area contributed by atoms with Crippen molar-refractivity contribution in [2.45, 2.75) is 117 Å². The maximum atomic E-state index is 2.99. The lowest BCUT2D eigenvalue weighted by molar-refractivity contribution is 0.0771. The fraction of sp³-hybridized carbons (Fsp3) is 1.00. The fourth-order valence-electron chi connectivity index (χ4n) is 8.71. The Bertz CT molecular complexity index is 491. The molecule has 152 valence electrons. The van der Waals surface area contributed by atoms with Crippen LogP contribution in [-0.2, 0) is 0 Å². The van der Waals surface area contributed by atoms with E-state index in [2.05, 4.69) is 66.1 Å². The zero-order valence-electron chi connectivity index (χ0n) is 19.3. The molecule has 0 spiro atoms. The SMILES string of the molecule is CC1C(C)C([Si](C)(C)N(C(C)C)C(C)(C)C)C2CC3CCCCC3CC12. The van der Waals surface area contributed by atoms with Gasteiger partial charge in [-0.05, 0) is 80.7 Å². The Morgan fingerprint density at radius 2 is 1.35 bits per heavy atom. The van der Waals surface area contributed by atoms with Crippen LogP contribution >= 0.6 is 0 Å². The predicted octanol–water partition coefficient (Wildman–Crippen LogP) is 7.19. The third-order valence-corrected chi connectivity index (χ3v) is 14.0. The summed E-state index contributed by atoms with van der Waals surface area (Å²) < 4.78 is 2.99. The minimum atomic E-state index is -1.53. The molecule has 0 aromatic heterocycles. The summed E-state index contributed by atoms with van der Waals surface area (Å²) >= 11 is 0. The molecule has 3 fully saturated rings. The summed E-state index contributed by atoms with van der Waals surface area (Å²) in [6.07, 6.45) is 9.24. The van der Waals surface area contributed by atoms with Crippen LogP contribution < -0.4 is 0 Å². The molecule has 0 aliphatic heterocycles. The van der Waals surface area contributed by atoms with Crippen LogP contribution in [0.2, 0.25) is 18.6 Å². The second-order valence-electron chi connectivity index (χ2n) is 12.1. The number of hydrogen-bond donors (Lipinski definition) is 0. The van der Waals surface area contributed by atoms with Crippen LogP contribution in [0.1, 0.15) is 87.0 Å². The molecule has 0 N–H and O–H groups in total. The van der Waals surface area contributed by atoms with Crippen LogP contribution in [0, 0.1) is 35.5 Å². The van der Waals surface area contributed by atoms with Gasteiger partial charge >= 0.3 is 0 Å². The normalized spacial score (nSPS) is 41.4. The topological polar surface area (TPSA) is 3.24 Å². The summed E-state index contributed by atoms with van der Waals surface area (Å²) in [5, 5.41) is 0. The van der Waals surface area contributed by atoms with Crippen molar-refractivity contribution in [1.29, 1.82) is 0 Å². The van der Waals surface area contributed by atoms with E-state index in [4.69, 9.17) is 0 Å². The molecule has 7 atom stereocenters. The Morgan fingerprint density at radius 3 is 1.81 bits per heavy atom. The van der Waals surface area contributed by atoms with Crippen molar-refractivity contribution in [3.8, 4) is 0 Å². The van der Waals surface area contributed by atoms with Crippen molar-refractivity contribution < 1.29 is 0 Å². The van der Waals surface area contributed by atoms with Gasteiger partial charge < -0.3 is 4.57 Å². The zero-order valence-corrected chi connectivity index (χ0v) is 20.3. The average molecular weight is 378 g/mol. The number of rotatable bonds is 3. The van der Waals surface area contributed by atoms with E-state index in [-0.39, 0.29) is 5.54 Å². The summed E-state index contributed by atoms with van der Waals surface area (Å²) in [5.41, 5.74) is 1.26. The van der Waals surface area contributed by atoms with Gasteiger partial charge in [-0.15, -0.1) is 0 Å². The van der Waals surface area contributed by atoms with Crippen LogP contribution in [0.25, 0.3) is 0 Å². The van der Waals surface area contributed by atoms with Crippen LogP contribution in [0.15, 0.2) is 0 Å². The first kappa shape index (κ1) is 20.9. The van der Waals surface area contributed by atoms with Gasteiger partial charge in [0.15, 0.2) is 0 Å². The second-order valence-corrected chi connectivity index (χ2v) is 16.6. The molecule has 7 unspecified atom stereocenters. The Labute approximate surface area is 165 Å². The number of fused-ring (bicyclic) bond motifs is 2. The number of nitrogens with zero attached hydrogens (tertiary/aromatic N) is 1. The van der Waals surface area contributed by atoms with Crippen molar-refractivity contribution >= 4 is 8.24 Å². The molecular weight excluding hydrogens is 330 g/mol. The Hall–Kier alpha value is 0.177. The molecule has 3 rings (SSSR count). The molecule has 1 nitrogen and oxygen atoms in total. The highest BCUT2D eigenvalue weighted by molar-refractivity contribution is 6.76. The lowest BCUT2D eigenvalue weighted by Gasteiger charge is -2.55. The predicted molar refractivity (Wildman–Crippen MR) is 118 cm³/mol. The first-order valence-corrected chi connectivity index (χ1v) is 14.8. The van der Waals surface area contributed by atoms with E-state index in [1.165, 1.54) is 12.8 Å². The van der Waals surface area contributed by atoms with Gasteiger partial charge in [0, 0.05) is 5.54 Å².